The molecule has 6 heteroatoms. The fraction of sp³-hybridized carbons (Fsp3) is 0.692. The number of hydrogen-bond acceptors (Lipinski definition) is 4. The first kappa shape index (κ1) is 15.0. The molecule has 1 fully saturated rings. The van der Waals surface area contributed by atoms with Gasteiger partial charge in [-0.05, 0) is 30.9 Å². The molecule has 1 aliphatic carbocycles. The van der Waals surface area contributed by atoms with Crippen molar-refractivity contribution in [2.24, 2.45) is 5.92 Å². The zero-order valence-corrected chi connectivity index (χ0v) is 12.8. The molecule has 0 atom stereocenters. The Kier molecular flexibility index (Phi) is 5.00. The zero-order chi connectivity index (χ0) is 13.9. The summed E-state index contributed by atoms with van der Waals surface area (Å²) >= 11 is 1.27. The lowest BCUT2D eigenvalue weighted by molar-refractivity contribution is 0.250. The highest BCUT2D eigenvalue weighted by Gasteiger charge is 2.29. The van der Waals surface area contributed by atoms with Gasteiger partial charge in [0.25, 0.3) is 10.0 Å². The van der Waals surface area contributed by atoms with Crippen LogP contribution in [0.1, 0.15) is 31.1 Å². The summed E-state index contributed by atoms with van der Waals surface area (Å²) in [6.45, 7) is 3.11. The Balaban J connectivity index is 2.13. The van der Waals surface area contributed by atoms with Gasteiger partial charge in [0.15, 0.2) is 0 Å². The minimum absolute atomic E-state index is 0.0551. The van der Waals surface area contributed by atoms with Gasteiger partial charge in [-0.15, -0.1) is 11.3 Å². The molecule has 1 aromatic rings. The summed E-state index contributed by atoms with van der Waals surface area (Å²) in [5.74, 6) is 0.534. The third-order valence-electron chi connectivity index (χ3n) is 3.63. The summed E-state index contributed by atoms with van der Waals surface area (Å²) in [6, 6.07) is 3.46. The number of aliphatic hydroxyl groups excluding tert-OH is 1. The Labute approximate surface area is 119 Å². The Bertz CT molecular complexity index is 506. The highest BCUT2D eigenvalue weighted by molar-refractivity contribution is 7.91. The largest absolute Gasteiger partial charge is 0.396 e. The van der Waals surface area contributed by atoms with E-state index in [1.54, 1.807) is 16.4 Å². The topological polar surface area (TPSA) is 57.6 Å². The maximum absolute atomic E-state index is 12.5. The fourth-order valence-electron chi connectivity index (χ4n) is 2.23. The first-order chi connectivity index (χ1) is 9.07. The third-order valence-corrected chi connectivity index (χ3v) is 7.18. The predicted octanol–water partition coefficient (Wildman–Crippen LogP) is 2.09. The molecule has 0 saturated heterocycles. The van der Waals surface area contributed by atoms with Crippen molar-refractivity contribution in [2.45, 2.75) is 36.8 Å². The van der Waals surface area contributed by atoms with Gasteiger partial charge in [-0.25, -0.2) is 8.42 Å². The van der Waals surface area contributed by atoms with Crippen LogP contribution in [0.4, 0.5) is 0 Å². The number of rotatable bonds is 7. The first-order valence-corrected chi connectivity index (χ1v) is 9.03. The fourth-order valence-corrected chi connectivity index (χ4v) is 5.25. The van der Waals surface area contributed by atoms with Crippen molar-refractivity contribution in [3.63, 3.8) is 0 Å². The molecule has 0 radical (unpaired) electrons. The number of sulfonamides is 1. The lowest BCUT2D eigenvalue weighted by Crippen LogP contribution is -2.36. The van der Waals surface area contributed by atoms with Gasteiger partial charge in [-0.3, -0.25) is 0 Å². The number of thiophene rings is 1. The van der Waals surface area contributed by atoms with Gasteiger partial charge in [0.05, 0.1) is 0 Å². The predicted molar refractivity (Wildman–Crippen MR) is 76.9 cm³/mol. The summed E-state index contributed by atoms with van der Waals surface area (Å²) in [4.78, 5) is 0.917. The van der Waals surface area contributed by atoms with Crippen molar-refractivity contribution in [1.29, 1.82) is 0 Å². The van der Waals surface area contributed by atoms with E-state index < -0.39 is 10.0 Å². The normalized spacial score (nSPS) is 16.8. The van der Waals surface area contributed by atoms with Crippen LogP contribution in [0, 0.1) is 5.92 Å². The summed E-state index contributed by atoms with van der Waals surface area (Å²) in [5.41, 5.74) is 0. The van der Waals surface area contributed by atoms with Gasteiger partial charge in [0.1, 0.15) is 4.21 Å². The minimum atomic E-state index is -3.35. The molecule has 0 unspecified atom stereocenters. The van der Waals surface area contributed by atoms with Gasteiger partial charge >= 0.3 is 0 Å². The number of nitrogens with zero attached hydrogens (tertiary/aromatic N) is 1. The van der Waals surface area contributed by atoms with Gasteiger partial charge in [-0.1, -0.05) is 13.3 Å². The average Bonchev–Trinajstić information content (AvgIpc) is 2.77. The van der Waals surface area contributed by atoms with Crippen LogP contribution in [0.2, 0.25) is 0 Å². The van der Waals surface area contributed by atoms with Crippen LogP contribution >= 0.6 is 11.3 Å². The third kappa shape index (κ3) is 3.37. The molecular formula is C13H21NO3S2. The van der Waals surface area contributed by atoms with Crippen molar-refractivity contribution >= 4 is 21.4 Å². The SMILES string of the molecule is CCN(CC1CCC1)S(=O)(=O)c1ccc(CCO)s1. The Hall–Kier alpha value is -0.430. The van der Waals surface area contributed by atoms with Crippen molar-refractivity contribution in [1.82, 2.24) is 4.31 Å². The quantitative estimate of drug-likeness (QED) is 0.839. The Morgan fingerprint density at radius 1 is 1.42 bits per heavy atom. The second-order valence-corrected chi connectivity index (χ2v) is 8.28. The van der Waals surface area contributed by atoms with Crippen LogP contribution in [0.3, 0.4) is 0 Å². The average molecular weight is 303 g/mol. The van der Waals surface area contributed by atoms with Gasteiger partial charge in [0, 0.05) is 31.0 Å². The van der Waals surface area contributed by atoms with E-state index in [4.69, 9.17) is 5.11 Å². The van der Waals surface area contributed by atoms with Crippen molar-refractivity contribution in [3.8, 4) is 0 Å². The molecule has 0 aromatic carbocycles. The lowest BCUT2D eigenvalue weighted by Gasteiger charge is -2.30. The molecule has 1 aromatic heterocycles. The van der Waals surface area contributed by atoms with Gasteiger partial charge < -0.3 is 5.11 Å². The molecule has 1 aliphatic rings. The molecule has 0 bridgehead atoms. The van der Waals surface area contributed by atoms with Crippen molar-refractivity contribution in [3.05, 3.63) is 17.0 Å². The molecule has 0 spiro atoms. The lowest BCUT2D eigenvalue weighted by atomic mass is 9.85. The van der Waals surface area contributed by atoms with E-state index in [1.165, 1.54) is 17.8 Å². The Morgan fingerprint density at radius 3 is 2.68 bits per heavy atom. The molecular weight excluding hydrogens is 282 g/mol. The van der Waals surface area contributed by atoms with Crippen LogP contribution in [-0.4, -0.2) is 37.5 Å². The smallest absolute Gasteiger partial charge is 0.252 e. The van der Waals surface area contributed by atoms with Crippen LogP contribution in [0.5, 0.6) is 0 Å². The maximum Gasteiger partial charge on any atom is 0.252 e. The van der Waals surface area contributed by atoms with Crippen LogP contribution in [-0.2, 0) is 16.4 Å². The van der Waals surface area contributed by atoms with E-state index in [1.807, 2.05) is 6.92 Å². The molecule has 1 N–H and O–H groups in total. The molecule has 108 valence electrons. The zero-order valence-electron chi connectivity index (χ0n) is 11.2. The van der Waals surface area contributed by atoms with E-state index in [2.05, 4.69) is 0 Å². The maximum atomic E-state index is 12.5. The second kappa shape index (κ2) is 6.35. The molecule has 0 amide bonds. The molecule has 1 heterocycles. The molecule has 4 nitrogen and oxygen atoms in total. The van der Waals surface area contributed by atoms with E-state index in [-0.39, 0.29) is 6.61 Å². The van der Waals surface area contributed by atoms with Crippen molar-refractivity contribution in [2.75, 3.05) is 19.7 Å². The summed E-state index contributed by atoms with van der Waals surface area (Å²) in [5, 5.41) is 8.89. The monoisotopic (exact) mass is 303 g/mol. The highest BCUT2D eigenvalue weighted by Crippen LogP contribution is 2.31. The van der Waals surface area contributed by atoms with E-state index in [9.17, 15) is 8.42 Å². The molecule has 0 aliphatic heterocycles. The second-order valence-electron chi connectivity index (χ2n) is 4.95. The molecule has 2 rings (SSSR count). The van der Waals surface area contributed by atoms with E-state index >= 15 is 0 Å². The van der Waals surface area contributed by atoms with Gasteiger partial charge in [0.2, 0.25) is 0 Å². The van der Waals surface area contributed by atoms with E-state index in [0.717, 1.165) is 17.7 Å². The molecule has 1 saturated carbocycles. The summed E-state index contributed by atoms with van der Waals surface area (Å²) in [6.07, 6.45) is 4.04. The first-order valence-electron chi connectivity index (χ1n) is 6.77. The number of hydrogen-bond donors (Lipinski definition) is 1. The standard InChI is InChI=1S/C13H21NO3S2/c1-2-14(10-11-4-3-5-11)19(16,17)13-7-6-12(18-13)8-9-15/h6-7,11,15H,2-5,8-10H2,1H3. The summed E-state index contributed by atoms with van der Waals surface area (Å²) < 4.78 is 27.0. The van der Waals surface area contributed by atoms with Crippen LogP contribution in [0.15, 0.2) is 16.3 Å². The molecule has 19 heavy (non-hydrogen) atoms. The van der Waals surface area contributed by atoms with Gasteiger partial charge in [-0.2, -0.15) is 4.31 Å². The van der Waals surface area contributed by atoms with Crippen LogP contribution in [0.25, 0.3) is 0 Å². The highest BCUT2D eigenvalue weighted by atomic mass is 32.2. The van der Waals surface area contributed by atoms with E-state index in [0.29, 0.717) is 29.6 Å². The van der Waals surface area contributed by atoms with Crippen molar-refractivity contribution < 1.29 is 13.5 Å². The van der Waals surface area contributed by atoms with Crippen LogP contribution < -0.4 is 0 Å². The summed E-state index contributed by atoms with van der Waals surface area (Å²) in [7, 11) is -3.35. The minimum Gasteiger partial charge on any atom is -0.396 e. The Morgan fingerprint density at radius 2 is 2.16 bits per heavy atom. The number of aliphatic hydroxyl groups is 1.